The van der Waals surface area contributed by atoms with Crippen molar-refractivity contribution in [1.29, 1.82) is 0 Å². The fraction of sp³-hybridized carbons (Fsp3) is 0.0769. The molecule has 0 amide bonds. The maximum atomic E-state index is 13.9. The summed E-state index contributed by atoms with van der Waals surface area (Å²) in [5, 5.41) is 0.878. The summed E-state index contributed by atoms with van der Waals surface area (Å²) < 4.78 is 14.7. The molecule has 19 heavy (non-hydrogen) atoms. The molecule has 0 aliphatic rings. The van der Waals surface area contributed by atoms with Crippen molar-refractivity contribution in [2.75, 3.05) is 0 Å². The van der Waals surface area contributed by atoms with Crippen molar-refractivity contribution in [3.63, 3.8) is 0 Å². The van der Waals surface area contributed by atoms with Crippen LogP contribution in [0.15, 0.2) is 40.9 Å². The van der Waals surface area contributed by atoms with Gasteiger partial charge in [0.05, 0.1) is 6.04 Å². The summed E-state index contributed by atoms with van der Waals surface area (Å²) in [6, 6.07) is 9.25. The summed E-state index contributed by atoms with van der Waals surface area (Å²) in [6.07, 6.45) is 0. The maximum absolute atomic E-state index is 13.9. The summed E-state index contributed by atoms with van der Waals surface area (Å²) in [5.41, 5.74) is 3.74. The minimum atomic E-state index is -0.507. The molecule has 2 aromatic carbocycles. The monoisotopic (exact) mass is 362 g/mol. The number of rotatable bonds is 3. The minimum Gasteiger partial charge on any atom is -0.271 e. The van der Waals surface area contributed by atoms with Gasteiger partial charge in [-0.3, -0.25) is 5.84 Å². The molecule has 2 aromatic rings. The van der Waals surface area contributed by atoms with Crippen LogP contribution in [0.4, 0.5) is 4.39 Å². The van der Waals surface area contributed by atoms with Crippen molar-refractivity contribution in [3.8, 4) is 0 Å². The van der Waals surface area contributed by atoms with Gasteiger partial charge in [0.1, 0.15) is 5.82 Å². The number of halogens is 4. The third-order valence-electron chi connectivity index (χ3n) is 2.66. The molecule has 0 heterocycles. The van der Waals surface area contributed by atoms with Gasteiger partial charge in [-0.15, -0.1) is 0 Å². The first kappa shape index (κ1) is 14.8. The molecule has 0 spiro atoms. The number of hydrazine groups is 1. The Morgan fingerprint density at radius 2 is 1.84 bits per heavy atom. The lowest BCUT2D eigenvalue weighted by atomic mass is 9.99. The van der Waals surface area contributed by atoms with E-state index >= 15 is 0 Å². The Morgan fingerprint density at radius 3 is 2.42 bits per heavy atom. The average Bonchev–Trinajstić information content (AvgIpc) is 2.31. The lowest BCUT2D eigenvalue weighted by Crippen LogP contribution is -2.29. The zero-order chi connectivity index (χ0) is 14.0. The van der Waals surface area contributed by atoms with Crippen molar-refractivity contribution in [2.24, 2.45) is 5.84 Å². The lowest BCUT2D eigenvalue weighted by Gasteiger charge is -2.18. The van der Waals surface area contributed by atoms with Gasteiger partial charge in [-0.25, -0.2) is 9.82 Å². The van der Waals surface area contributed by atoms with E-state index in [-0.39, 0.29) is 0 Å². The van der Waals surface area contributed by atoms with Crippen LogP contribution in [0.3, 0.4) is 0 Å². The minimum absolute atomic E-state index is 0.337. The standard InChI is InChI=1S/C13H10BrCl2FN2/c14-8-3-7(4-10(16)5-8)13(19-18)11-2-1-9(15)6-12(11)17/h1-6,13,19H,18H2. The van der Waals surface area contributed by atoms with Crippen molar-refractivity contribution in [2.45, 2.75) is 6.04 Å². The van der Waals surface area contributed by atoms with Gasteiger partial charge in [-0.2, -0.15) is 0 Å². The molecule has 0 saturated heterocycles. The highest BCUT2D eigenvalue weighted by Crippen LogP contribution is 2.29. The molecule has 0 bridgehead atoms. The van der Waals surface area contributed by atoms with E-state index in [0.29, 0.717) is 15.6 Å². The van der Waals surface area contributed by atoms with Crippen molar-refractivity contribution in [3.05, 3.63) is 67.9 Å². The van der Waals surface area contributed by atoms with Gasteiger partial charge in [0.25, 0.3) is 0 Å². The molecule has 2 rings (SSSR count). The fourth-order valence-corrected chi connectivity index (χ4v) is 2.89. The second kappa shape index (κ2) is 6.20. The molecular formula is C13H10BrCl2FN2. The smallest absolute Gasteiger partial charge is 0.129 e. The Balaban J connectivity index is 2.49. The van der Waals surface area contributed by atoms with E-state index in [1.165, 1.54) is 6.07 Å². The van der Waals surface area contributed by atoms with Gasteiger partial charge in [-0.1, -0.05) is 45.2 Å². The summed E-state index contributed by atoms with van der Waals surface area (Å²) >= 11 is 15.1. The number of hydrogen-bond donors (Lipinski definition) is 2. The maximum Gasteiger partial charge on any atom is 0.129 e. The summed E-state index contributed by atoms with van der Waals surface area (Å²) in [5.74, 6) is 5.11. The van der Waals surface area contributed by atoms with E-state index in [1.807, 2.05) is 6.07 Å². The van der Waals surface area contributed by atoms with E-state index in [4.69, 9.17) is 29.0 Å². The van der Waals surface area contributed by atoms with Crippen LogP contribution in [0.25, 0.3) is 0 Å². The Bertz CT molecular complexity index is 587. The summed E-state index contributed by atoms with van der Waals surface area (Å²) in [6.45, 7) is 0. The van der Waals surface area contributed by atoms with E-state index < -0.39 is 11.9 Å². The van der Waals surface area contributed by atoms with Gasteiger partial charge in [0, 0.05) is 20.1 Å². The van der Waals surface area contributed by atoms with Crippen LogP contribution in [-0.2, 0) is 0 Å². The molecule has 100 valence electrons. The first-order valence-electron chi connectivity index (χ1n) is 5.38. The predicted molar refractivity (Wildman–Crippen MR) is 79.7 cm³/mol. The number of benzene rings is 2. The first-order chi connectivity index (χ1) is 9.01. The van der Waals surface area contributed by atoms with Crippen molar-refractivity contribution < 1.29 is 4.39 Å². The molecule has 0 fully saturated rings. The van der Waals surface area contributed by atoms with Crippen LogP contribution in [0.5, 0.6) is 0 Å². The third kappa shape index (κ3) is 3.46. The van der Waals surface area contributed by atoms with E-state index in [2.05, 4.69) is 21.4 Å². The van der Waals surface area contributed by atoms with Gasteiger partial charge in [-0.05, 0) is 35.9 Å². The quantitative estimate of drug-likeness (QED) is 0.624. The van der Waals surface area contributed by atoms with E-state index in [0.717, 1.165) is 10.0 Å². The molecule has 0 aromatic heterocycles. The third-order valence-corrected chi connectivity index (χ3v) is 3.57. The molecule has 0 aliphatic carbocycles. The SMILES string of the molecule is NNC(c1cc(Cl)cc(Br)c1)c1ccc(Cl)cc1F. The number of nitrogens with one attached hydrogen (secondary N) is 1. The highest BCUT2D eigenvalue weighted by atomic mass is 79.9. The molecular weight excluding hydrogens is 354 g/mol. The average molecular weight is 364 g/mol. The summed E-state index contributed by atoms with van der Waals surface area (Å²) in [4.78, 5) is 0. The van der Waals surface area contributed by atoms with Crippen molar-refractivity contribution >= 4 is 39.1 Å². The predicted octanol–water partition coefficient (Wildman–Crippen LogP) is 4.45. The van der Waals surface area contributed by atoms with Gasteiger partial charge in [0.2, 0.25) is 0 Å². The highest BCUT2D eigenvalue weighted by Gasteiger charge is 2.17. The molecule has 3 N–H and O–H groups in total. The van der Waals surface area contributed by atoms with Crippen molar-refractivity contribution in [1.82, 2.24) is 5.43 Å². The zero-order valence-corrected chi connectivity index (χ0v) is 12.7. The highest BCUT2D eigenvalue weighted by molar-refractivity contribution is 9.10. The molecule has 1 atom stereocenters. The van der Waals surface area contributed by atoms with Crippen LogP contribution < -0.4 is 11.3 Å². The molecule has 2 nitrogen and oxygen atoms in total. The molecule has 1 unspecified atom stereocenters. The van der Waals surface area contributed by atoms with Crippen LogP contribution in [0.2, 0.25) is 10.0 Å². The topological polar surface area (TPSA) is 38.0 Å². The second-order valence-electron chi connectivity index (χ2n) is 3.97. The summed E-state index contributed by atoms with van der Waals surface area (Å²) in [7, 11) is 0. The number of hydrogen-bond acceptors (Lipinski definition) is 2. The number of nitrogens with two attached hydrogens (primary N) is 1. The van der Waals surface area contributed by atoms with E-state index in [1.54, 1.807) is 24.3 Å². The molecule has 0 radical (unpaired) electrons. The zero-order valence-electron chi connectivity index (χ0n) is 9.63. The Morgan fingerprint density at radius 1 is 1.11 bits per heavy atom. The largest absolute Gasteiger partial charge is 0.271 e. The fourth-order valence-electron chi connectivity index (χ4n) is 1.84. The van der Waals surface area contributed by atoms with Crippen LogP contribution >= 0.6 is 39.1 Å². The van der Waals surface area contributed by atoms with Gasteiger partial charge < -0.3 is 0 Å². The Kier molecular flexibility index (Phi) is 4.81. The molecule has 0 saturated carbocycles. The van der Waals surface area contributed by atoms with Gasteiger partial charge >= 0.3 is 0 Å². The Hall–Kier alpha value is -0.650. The van der Waals surface area contributed by atoms with Crippen LogP contribution in [-0.4, -0.2) is 0 Å². The van der Waals surface area contributed by atoms with Gasteiger partial charge in [0.15, 0.2) is 0 Å². The van der Waals surface area contributed by atoms with E-state index in [9.17, 15) is 4.39 Å². The second-order valence-corrected chi connectivity index (χ2v) is 5.76. The lowest BCUT2D eigenvalue weighted by molar-refractivity contribution is 0.560. The Labute approximate surface area is 128 Å². The molecule has 0 aliphatic heterocycles. The van der Waals surface area contributed by atoms with Crippen LogP contribution in [0, 0.1) is 5.82 Å². The first-order valence-corrected chi connectivity index (χ1v) is 6.93. The normalized spacial score (nSPS) is 12.5. The van der Waals surface area contributed by atoms with Crippen LogP contribution in [0.1, 0.15) is 17.2 Å². The molecule has 6 heteroatoms.